The van der Waals surface area contributed by atoms with Crippen molar-refractivity contribution in [2.45, 2.75) is 69.6 Å². The molecule has 5 nitrogen and oxygen atoms in total. The van der Waals surface area contributed by atoms with Crippen molar-refractivity contribution in [1.82, 2.24) is 0 Å². The summed E-state index contributed by atoms with van der Waals surface area (Å²) in [6.45, 7) is 2.19. The Bertz CT molecular complexity index is 838. The van der Waals surface area contributed by atoms with Gasteiger partial charge in [-0.25, -0.2) is 0 Å². The number of rotatable bonds is 12. The molecule has 0 spiro atoms. The van der Waals surface area contributed by atoms with Crippen molar-refractivity contribution in [3.8, 4) is 17.2 Å². The fourth-order valence-corrected chi connectivity index (χ4v) is 3.77. The molecule has 0 atom stereocenters. The summed E-state index contributed by atoms with van der Waals surface area (Å²) >= 11 is 0. The quantitative estimate of drug-likeness (QED) is 0.309. The summed E-state index contributed by atoms with van der Waals surface area (Å²) in [6.07, 6.45) is 9.50. The van der Waals surface area contributed by atoms with Crippen LogP contribution in [0.3, 0.4) is 0 Å². The van der Waals surface area contributed by atoms with E-state index in [1.807, 2.05) is 6.07 Å². The van der Waals surface area contributed by atoms with Crippen molar-refractivity contribution in [2.75, 3.05) is 0 Å². The van der Waals surface area contributed by atoms with Crippen LogP contribution < -0.4 is 61.2 Å². The third-order valence-corrected chi connectivity index (χ3v) is 5.52. The van der Waals surface area contributed by atoms with Gasteiger partial charge in [-0.1, -0.05) is 81.4 Å². The third kappa shape index (κ3) is 9.51. The topological polar surface area (TPSA) is 86.7 Å². The number of para-hydroxylation sites is 1. The first-order valence-corrected chi connectivity index (χ1v) is 11.4. The maximum absolute atomic E-state index is 12.5. The maximum Gasteiger partial charge on any atom is 1.00 e. The number of aryl methyl sites for hydroxylation is 1. The fraction of sp³-hybridized carbons (Fsp3) is 0.455. The zero-order valence-corrected chi connectivity index (χ0v) is 21.3. The predicted molar refractivity (Wildman–Crippen MR) is 109 cm³/mol. The molecular formula is C22H29KO5S. The Labute approximate surface area is 217 Å². The number of unbranched alkanes of at least 4 members (excludes halogenated alkanes) is 7. The van der Waals surface area contributed by atoms with Gasteiger partial charge < -0.3 is 9.84 Å². The van der Waals surface area contributed by atoms with Crippen molar-refractivity contribution in [2.24, 2.45) is 0 Å². The Kier molecular flexibility index (Phi) is 12.7. The second kappa shape index (κ2) is 13.8. The normalized spacial score (nSPS) is 11.1. The molecule has 0 heterocycles. The van der Waals surface area contributed by atoms with Gasteiger partial charge >= 0.3 is 51.4 Å². The Morgan fingerprint density at radius 1 is 0.897 bits per heavy atom. The predicted octanol–water partition coefficient (Wildman–Crippen LogP) is 2.49. The first-order chi connectivity index (χ1) is 13.4. The van der Waals surface area contributed by atoms with E-state index in [-0.39, 0.29) is 57.1 Å². The second-order valence-electron chi connectivity index (χ2n) is 7.02. The molecular weight excluding hydrogens is 415 g/mol. The minimum Gasteiger partial charge on any atom is -0.871 e. The standard InChI is InChI=1S/C22H30O5S.K/c1-2-3-4-5-6-7-8-10-13-18-16-20(27-19-14-11-9-12-15-19)17-21(22(18)23)28(24,25)26;/h9,11-12,14-17,23H,2-8,10,13H2,1H3,(H,24,25,26);/q;+1/p-1. The SMILES string of the molecule is CCCCCCCCCCc1cc(Oc2ccccc2)cc(S(=O)(=O)O)c1[O-].[K+]. The molecule has 0 aliphatic rings. The number of ether oxygens (including phenoxy) is 1. The summed E-state index contributed by atoms with van der Waals surface area (Å²) in [4.78, 5) is -0.629. The second-order valence-corrected chi connectivity index (χ2v) is 8.41. The molecule has 7 heteroatoms. The summed E-state index contributed by atoms with van der Waals surface area (Å²) in [6, 6.07) is 11.6. The van der Waals surface area contributed by atoms with Gasteiger partial charge in [-0.15, -0.1) is 0 Å². The molecule has 0 unspecified atom stereocenters. The summed E-state index contributed by atoms with van der Waals surface area (Å²) in [7, 11) is -4.61. The summed E-state index contributed by atoms with van der Waals surface area (Å²) < 4.78 is 38.3. The van der Waals surface area contributed by atoms with E-state index in [0.29, 0.717) is 17.7 Å². The average molecular weight is 445 g/mol. The summed E-state index contributed by atoms with van der Waals surface area (Å²) in [5, 5.41) is 12.5. The molecule has 0 saturated carbocycles. The van der Waals surface area contributed by atoms with E-state index < -0.39 is 20.8 Å². The van der Waals surface area contributed by atoms with E-state index in [9.17, 15) is 18.1 Å². The largest absolute Gasteiger partial charge is 1.00 e. The van der Waals surface area contributed by atoms with Crippen LogP contribution in [0.15, 0.2) is 47.4 Å². The van der Waals surface area contributed by atoms with Crippen molar-refractivity contribution in [3.05, 3.63) is 48.0 Å². The van der Waals surface area contributed by atoms with E-state index in [4.69, 9.17) is 4.74 Å². The first-order valence-electron chi connectivity index (χ1n) is 9.96. The molecule has 0 bridgehead atoms. The summed E-state index contributed by atoms with van der Waals surface area (Å²) in [5.74, 6) is 0.110. The smallest absolute Gasteiger partial charge is 0.871 e. The fourth-order valence-electron chi connectivity index (χ4n) is 3.14. The van der Waals surface area contributed by atoms with E-state index in [1.54, 1.807) is 30.3 Å². The molecule has 2 aromatic carbocycles. The maximum atomic E-state index is 12.5. The Morgan fingerprint density at radius 3 is 2.07 bits per heavy atom. The van der Waals surface area contributed by atoms with Crippen LogP contribution in [-0.2, 0) is 16.5 Å². The zero-order valence-electron chi connectivity index (χ0n) is 17.4. The van der Waals surface area contributed by atoms with E-state index in [1.165, 1.54) is 32.1 Å². The van der Waals surface area contributed by atoms with Gasteiger partial charge in [0.2, 0.25) is 0 Å². The Balaban J connectivity index is 0.00000420. The molecule has 0 aliphatic heterocycles. The molecule has 0 aliphatic carbocycles. The van der Waals surface area contributed by atoms with E-state index >= 15 is 0 Å². The van der Waals surface area contributed by atoms with Gasteiger partial charge in [0, 0.05) is 6.07 Å². The van der Waals surface area contributed by atoms with Gasteiger partial charge in [-0.05, 0) is 31.0 Å². The van der Waals surface area contributed by atoms with Crippen molar-refractivity contribution in [3.63, 3.8) is 0 Å². The summed E-state index contributed by atoms with van der Waals surface area (Å²) in [5.41, 5.74) is 0.354. The van der Waals surface area contributed by atoms with E-state index in [2.05, 4.69) is 6.92 Å². The molecule has 1 N–H and O–H groups in total. The number of benzene rings is 2. The minimum absolute atomic E-state index is 0. The number of hydrogen-bond acceptors (Lipinski definition) is 4. The number of hydrogen-bond donors (Lipinski definition) is 1. The van der Waals surface area contributed by atoms with Gasteiger partial charge in [0.15, 0.2) is 0 Å². The Hall–Kier alpha value is -0.414. The molecule has 2 aromatic rings. The molecule has 29 heavy (non-hydrogen) atoms. The van der Waals surface area contributed by atoms with Gasteiger partial charge in [0.05, 0.1) is 4.90 Å². The zero-order chi connectivity index (χ0) is 20.4. The average Bonchev–Trinajstić information content (AvgIpc) is 2.66. The van der Waals surface area contributed by atoms with Crippen LogP contribution in [0.4, 0.5) is 0 Å². The molecule has 2 rings (SSSR count). The molecule has 0 radical (unpaired) electrons. The van der Waals surface area contributed by atoms with E-state index in [0.717, 1.165) is 25.3 Å². The first kappa shape index (κ1) is 26.6. The molecule has 0 saturated heterocycles. The monoisotopic (exact) mass is 444 g/mol. The Morgan fingerprint density at radius 2 is 1.48 bits per heavy atom. The van der Waals surface area contributed by atoms with Crippen LogP contribution in [-0.4, -0.2) is 13.0 Å². The van der Waals surface area contributed by atoms with Crippen molar-refractivity contribution >= 4 is 10.1 Å². The van der Waals surface area contributed by atoms with Crippen LogP contribution in [0, 0.1) is 0 Å². The van der Waals surface area contributed by atoms with Crippen molar-refractivity contribution < 1.29 is 74.2 Å². The molecule has 0 aromatic heterocycles. The van der Waals surface area contributed by atoms with Crippen LogP contribution in [0.5, 0.6) is 17.2 Å². The third-order valence-electron chi connectivity index (χ3n) is 4.66. The molecule has 154 valence electrons. The minimum atomic E-state index is -4.61. The van der Waals surface area contributed by atoms with Crippen LogP contribution >= 0.6 is 0 Å². The van der Waals surface area contributed by atoms with Crippen molar-refractivity contribution in [1.29, 1.82) is 0 Å². The van der Waals surface area contributed by atoms with Crippen LogP contribution in [0.25, 0.3) is 0 Å². The van der Waals surface area contributed by atoms with Crippen LogP contribution in [0.1, 0.15) is 63.9 Å². The van der Waals surface area contributed by atoms with Gasteiger partial charge in [0.25, 0.3) is 10.1 Å². The molecule has 0 amide bonds. The van der Waals surface area contributed by atoms with Crippen LogP contribution in [0.2, 0.25) is 0 Å². The van der Waals surface area contributed by atoms with Gasteiger partial charge in [-0.3, -0.25) is 4.55 Å². The van der Waals surface area contributed by atoms with Gasteiger partial charge in [0.1, 0.15) is 11.5 Å². The van der Waals surface area contributed by atoms with Gasteiger partial charge in [-0.2, -0.15) is 8.42 Å². The molecule has 0 fully saturated rings.